The third kappa shape index (κ3) is 4.51. The Hall–Kier alpha value is -1.98. The Morgan fingerprint density at radius 2 is 2.00 bits per heavy atom. The van der Waals surface area contributed by atoms with Crippen LogP contribution in [0, 0.1) is 0 Å². The van der Waals surface area contributed by atoms with E-state index in [1.54, 1.807) is 36.0 Å². The fourth-order valence-electron chi connectivity index (χ4n) is 1.91. The fourth-order valence-corrected chi connectivity index (χ4v) is 2.37. The van der Waals surface area contributed by atoms with Crippen LogP contribution in [-0.2, 0) is 11.2 Å². The van der Waals surface area contributed by atoms with Gasteiger partial charge in [0.15, 0.2) is 0 Å². The normalized spacial score (nSPS) is 11.9. The van der Waals surface area contributed by atoms with Crippen LogP contribution >= 0.6 is 11.8 Å². The molecule has 4 nitrogen and oxygen atoms in total. The molecule has 110 valence electrons. The Labute approximate surface area is 128 Å². The van der Waals surface area contributed by atoms with Crippen LogP contribution in [0.5, 0.6) is 5.75 Å². The zero-order valence-corrected chi connectivity index (χ0v) is 12.6. The topological polar surface area (TPSA) is 75.4 Å². The zero-order valence-electron chi connectivity index (χ0n) is 11.7. The molecule has 0 spiro atoms. The molecule has 0 bridgehead atoms. The van der Waals surface area contributed by atoms with Crippen molar-refractivity contribution in [2.45, 2.75) is 17.4 Å². The van der Waals surface area contributed by atoms with E-state index in [9.17, 15) is 9.90 Å². The number of aromatic hydroxyl groups is 1. The number of phenolic OH excluding ortho intramolecular Hbond substituents is 1. The van der Waals surface area contributed by atoms with Crippen LogP contribution in [-0.4, -0.2) is 23.3 Å². The average Bonchev–Trinajstić information content (AvgIpc) is 2.49. The quantitative estimate of drug-likeness (QED) is 0.742. The third-order valence-corrected chi connectivity index (χ3v) is 3.79. The highest BCUT2D eigenvalue weighted by molar-refractivity contribution is 7.98. The number of thioether (sulfide) groups is 1. The molecule has 0 saturated heterocycles. The number of carbonyl (C=O) groups excluding carboxylic acids is 1. The van der Waals surface area contributed by atoms with Crippen LogP contribution in [0.25, 0.3) is 0 Å². The minimum atomic E-state index is -0.632. The number of nitrogens with two attached hydrogens (primary N) is 1. The summed E-state index contributed by atoms with van der Waals surface area (Å²) >= 11 is 1.62. The molecule has 0 fully saturated rings. The Morgan fingerprint density at radius 3 is 2.67 bits per heavy atom. The maximum Gasteiger partial charge on any atom is 0.241 e. The van der Waals surface area contributed by atoms with Crippen molar-refractivity contribution in [1.29, 1.82) is 0 Å². The minimum absolute atomic E-state index is 0.200. The molecule has 1 unspecified atom stereocenters. The number of phenols is 1. The summed E-state index contributed by atoms with van der Waals surface area (Å²) in [7, 11) is 0. The molecule has 2 aromatic carbocycles. The Morgan fingerprint density at radius 1 is 1.29 bits per heavy atom. The van der Waals surface area contributed by atoms with Gasteiger partial charge in [-0.1, -0.05) is 18.2 Å². The van der Waals surface area contributed by atoms with Gasteiger partial charge in [0.05, 0.1) is 6.04 Å². The first-order valence-electron chi connectivity index (χ1n) is 6.57. The van der Waals surface area contributed by atoms with Gasteiger partial charge >= 0.3 is 0 Å². The van der Waals surface area contributed by atoms with E-state index in [-0.39, 0.29) is 11.7 Å². The monoisotopic (exact) mass is 302 g/mol. The second kappa shape index (κ2) is 7.15. The summed E-state index contributed by atoms with van der Waals surface area (Å²) in [5.74, 6) is -0.0213. The molecule has 1 amide bonds. The highest BCUT2D eigenvalue weighted by Gasteiger charge is 2.14. The summed E-state index contributed by atoms with van der Waals surface area (Å²) in [6, 6.07) is 13.7. The van der Waals surface area contributed by atoms with Gasteiger partial charge in [-0.05, 0) is 48.6 Å². The summed E-state index contributed by atoms with van der Waals surface area (Å²) in [5, 5.41) is 12.1. The number of rotatable bonds is 5. The molecule has 0 aliphatic heterocycles. The Balaban J connectivity index is 1.97. The predicted octanol–water partition coefficient (Wildman–Crippen LogP) is 2.62. The molecule has 2 rings (SSSR count). The van der Waals surface area contributed by atoms with Crippen LogP contribution in [0.2, 0.25) is 0 Å². The van der Waals surface area contributed by atoms with Crippen molar-refractivity contribution >= 4 is 23.4 Å². The van der Waals surface area contributed by atoms with Crippen LogP contribution in [0.1, 0.15) is 5.56 Å². The fraction of sp³-hybridized carbons (Fsp3) is 0.188. The van der Waals surface area contributed by atoms with Gasteiger partial charge in [-0.15, -0.1) is 11.8 Å². The summed E-state index contributed by atoms with van der Waals surface area (Å²) < 4.78 is 0. The first-order valence-corrected chi connectivity index (χ1v) is 7.79. The largest absolute Gasteiger partial charge is 0.508 e. The molecular formula is C16H18N2O2S. The highest BCUT2D eigenvalue weighted by atomic mass is 32.2. The van der Waals surface area contributed by atoms with E-state index in [2.05, 4.69) is 5.32 Å². The molecule has 4 N–H and O–H groups in total. The second-order valence-electron chi connectivity index (χ2n) is 4.70. The molecule has 0 aliphatic rings. The highest BCUT2D eigenvalue weighted by Crippen LogP contribution is 2.19. The van der Waals surface area contributed by atoms with Gasteiger partial charge in [-0.2, -0.15) is 0 Å². The van der Waals surface area contributed by atoms with Crippen LogP contribution in [0.15, 0.2) is 53.4 Å². The van der Waals surface area contributed by atoms with E-state index in [4.69, 9.17) is 5.73 Å². The molecule has 21 heavy (non-hydrogen) atoms. The SMILES string of the molecule is CSc1cccc(NC(=O)C(N)Cc2ccc(O)cc2)c1. The number of carbonyl (C=O) groups is 1. The minimum Gasteiger partial charge on any atom is -0.508 e. The zero-order chi connectivity index (χ0) is 15.2. The van der Waals surface area contributed by atoms with Crippen molar-refractivity contribution in [3.8, 4) is 5.75 Å². The van der Waals surface area contributed by atoms with Gasteiger partial charge in [0, 0.05) is 10.6 Å². The molecule has 0 aromatic heterocycles. The van der Waals surface area contributed by atoms with Crippen molar-refractivity contribution < 1.29 is 9.90 Å². The first kappa shape index (κ1) is 15.4. The molecule has 0 radical (unpaired) electrons. The van der Waals surface area contributed by atoms with Gasteiger partial charge in [0.25, 0.3) is 0 Å². The van der Waals surface area contributed by atoms with Gasteiger partial charge in [-0.3, -0.25) is 4.79 Å². The van der Waals surface area contributed by atoms with Crippen molar-refractivity contribution in [3.63, 3.8) is 0 Å². The smallest absolute Gasteiger partial charge is 0.241 e. The standard InChI is InChI=1S/C16H18N2O2S/c1-21-14-4-2-3-12(10-14)18-16(20)15(17)9-11-5-7-13(19)8-6-11/h2-8,10,15,19H,9,17H2,1H3,(H,18,20). The van der Waals surface area contributed by atoms with Crippen molar-refractivity contribution in [2.75, 3.05) is 11.6 Å². The van der Waals surface area contributed by atoms with Crippen molar-refractivity contribution in [1.82, 2.24) is 0 Å². The van der Waals surface area contributed by atoms with Crippen molar-refractivity contribution in [2.24, 2.45) is 5.73 Å². The van der Waals surface area contributed by atoms with Crippen LogP contribution in [0.3, 0.4) is 0 Å². The number of amides is 1. The number of hydrogen-bond donors (Lipinski definition) is 3. The van der Waals surface area contributed by atoms with Gasteiger partial charge < -0.3 is 16.2 Å². The molecule has 1 atom stereocenters. The van der Waals surface area contributed by atoms with Crippen LogP contribution in [0.4, 0.5) is 5.69 Å². The summed E-state index contributed by atoms with van der Waals surface area (Å²) in [5.41, 5.74) is 7.58. The van der Waals surface area contributed by atoms with E-state index in [1.807, 2.05) is 30.5 Å². The van der Waals surface area contributed by atoms with Gasteiger partial charge in [0.1, 0.15) is 5.75 Å². The molecule has 0 heterocycles. The third-order valence-electron chi connectivity index (χ3n) is 3.07. The van der Waals surface area contributed by atoms with E-state index < -0.39 is 6.04 Å². The van der Waals surface area contributed by atoms with Crippen molar-refractivity contribution in [3.05, 3.63) is 54.1 Å². The Kier molecular flexibility index (Phi) is 5.25. The number of nitrogens with one attached hydrogen (secondary N) is 1. The average molecular weight is 302 g/mol. The summed E-state index contributed by atoms with van der Waals surface area (Å²) in [4.78, 5) is 13.2. The number of anilines is 1. The van der Waals surface area contributed by atoms with Gasteiger partial charge in [0.2, 0.25) is 5.91 Å². The molecular weight excluding hydrogens is 284 g/mol. The predicted molar refractivity (Wildman–Crippen MR) is 86.6 cm³/mol. The number of benzene rings is 2. The van der Waals surface area contributed by atoms with E-state index in [1.165, 1.54) is 0 Å². The molecule has 0 saturated carbocycles. The maximum absolute atomic E-state index is 12.1. The lowest BCUT2D eigenvalue weighted by atomic mass is 10.1. The van der Waals surface area contributed by atoms with Crippen LogP contribution < -0.4 is 11.1 Å². The second-order valence-corrected chi connectivity index (χ2v) is 5.58. The van der Waals surface area contributed by atoms with E-state index in [0.717, 1.165) is 16.1 Å². The maximum atomic E-state index is 12.1. The molecule has 2 aromatic rings. The van der Waals surface area contributed by atoms with E-state index in [0.29, 0.717) is 6.42 Å². The Bertz CT molecular complexity index is 614. The molecule has 0 aliphatic carbocycles. The summed E-state index contributed by atoms with van der Waals surface area (Å²) in [6.45, 7) is 0. The number of hydrogen-bond acceptors (Lipinski definition) is 4. The summed E-state index contributed by atoms with van der Waals surface area (Å²) in [6.07, 6.45) is 2.41. The lowest BCUT2D eigenvalue weighted by Gasteiger charge is -2.13. The molecule has 5 heteroatoms. The first-order chi connectivity index (χ1) is 10.1. The lowest BCUT2D eigenvalue weighted by Crippen LogP contribution is -2.37. The van der Waals surface area contributed by atoms with E-state index >= 15 is 0 Å². The lowest BCUT2D eigenvalue weighted by molar-refractivity contribution is -0.117. The van der Waals surface area contributed by atoms with Gasteiger partial charge in [-0.25, -0.2) is 0 Å².